The van der Waals surface area contributed by atoms with Crippen LogP contribution in [-0.2, 0) is 9.53 Å². The van der Waals surface area contributed by atoms with Gasteiger partial charge in [0, 0.05) is 45.1 Å². The lowest BCUT2D eigenvalue weighted by molar-refractivity contribution is -0.139. The Morgan fingerprint density at radius 1 is 1.31 bits per heavy atom. The number of ether oxygens (including phenoxy) is 1. The second kappa shape index (κ2) is 8.03. The predicted octanol–water partition coefficient (Wildman–Crippen LogP) is 2.71. The van der Waals surface area contributed by atoms with Crippen molar-refractivity contribution in [2.45, 2.75) is 25.7 Å². The average Bonchev–Trinajstić information content (AvgIpc) is 2.65. The highest BCUT2D eigenvalue weighted by atomic mass is 19.1. The summed E-state index contributed by atoms with van der Waals surface area (Å²) in [5, 5.41) is 2.67. The number of piperidine rings is 2. The maximum Gasteiger partial charge on any atom is 0.321 e. The lowest BCUT2D eigenvalue weighted by Gasteiger charge is -2.48. The second-order valence-electron chi connectivity index (χ2n) is 7.24. The standard InChI is InChI=1S/C19H26FN3O3/c1-26-12-11-22-13-19(9-7-17(22)24)8-4-10-23(14-19)18(25)21-16-6-3-2-5-15(16)20/h2-3,5-6H,4,7-14H2,1H3,(H,21,25). The summed E-state index contributed by atoms with van der Waals surface area (Å²) in [6.07, 6.45) is 3.18. The Kier molecular flexibility index (Phi) is 5.76. The van der Waals surface area contributed by atoms with Gasteiger partial charge in [-0.3, -0.25) is 4.79 Å². The van der Waals surface area contributed by atoms with E-state index in [9.17, 15) is 14.0 Å². The molecule has 1 atom stereocenters. The van der Waals surface area contributed by atoms with E-state index < -0.39 is 5.82 Å². The number of anilines is 1. The van der Waals surface area contributed by atoms with Crippen LogP contribution in [0.4, 0.5) is 14.9 Å². The molecule has 2 aliphatic heterocycles. The molecule has 2 heterocycles. The molecule has 3 amide bonds. The third kappa shape index (κ3) is 4.15. The molecule has 0 aliphatic carbocycles. The topological polar surface area (TPSA) is 61.9 Å². The zero-order valence-corrected chi connectivity index (χ0v) is 15.2. The summed E-state index contributed by atoms with van der Waals surface area (Å²) >= 11 is 0. The van der Waals surface area contributed by atoms with Gasteiger partial charge in [0.2, 0.25) is 5.91 Å². The maximum absolute atomic E-state index is 13.8. The SMILES string of the molecule is COCCN1CC2(CCCN(C(=O)Nc3ccccc3F)C2)CCC1=O. The first-order valence-electron chi connectivity index (χ1n) is 9.10. The maximum atomic E-state index is 13.8. The number of carbonyl (C=O) groups excluding carboxylic acids is 2. The zero-order valence-electron chi connectivity index (χ0n) is 15.2. The van der Waals surface area contributed by atoms with Gasteiger partial charge in [0.15, 0.2) is 0 Å². The minimum absolute atomic E-state index is 0.0769. The molecule has 2 fully saturated rings. The first kappa shape index (κ1) is 18.6. The summed E-state index contributed by atoms with van der Waals surface area (Å²) in [5.74, 6) is -0.290. The zero-order chi connectivity index (χ0) is 18.6. The van der Waals surface area contributed by atoms with Gasteiger partial charge in [-0.2, -0.15) is 0 Å². The van der Waals surface area contributed by atoms with E-state index in [1.165, 1.54) is 6.07 Å². The molecule has 0 radical (unpaired) electrons. The average molecular weight is 363 g/mol. The van der Waals surface area contributed by atoms with E-state index in [2.05, 4.69) is 5.32 Å². The number of likely N-dealkylation sites (tertiary alicyclic amines) is 2. The van der Waals surface area contributed by atoms with Crippen molar-refractivity contribution in [2.24, 2.45) is 5.41 Å². The number of benzene rings is 1. The van der Waals surface area contributed by atoms with Crippen molar-refractivity contribution in [1.82, 2.24) is 9.80 Å². The highest BCUT2D eigenvalue weighted by molar-refractivity contribution is 5.89. The first-order valence-corrected chi connectivity index (χ1v) is 9.10. The van der Waals surface area contributed by atoms with Gasteiger partial charge in [-0.05, 0) is 31.4 Å². The largest absolute Gasteiger partial charge is 0.383 e. The minimum atomic E-state index is -0.443. The van der Waals surface area contributed by atoms with Crippen LogP contribution in [-0.4, -0.2) is 61.6 Å². The summed E-state index contributed by atoms with van der Waals surface area (Å²) in [7, 11) is 1.62. The molecule has 0 aromatic heterocycles. The lowest BCUT2D eigenvalue weighted by atomic mass is 9.73. The third-order valence-corrected chi connectivity index (χ3v) is 5.38. The fraction of sp³-hybridized carbons (Fsp3) is 0.579. The molecule has 1 N–H and O–H groups in total. The van der Waals surface area contributed by atoms with Gasteiger partial charge in [0.05, 0.1) is 12.3 Å². The summed E-state index contributed by atoms with van der Waals surface area (Å²) in [6.45, 7) is 2.98. The highest BCUT2D eigenvalue weighted by Crippen LogP contribution is 2.39. The van der Waals surface area contributed by atoms with Gasteiger partial charge in [0.1, 0.15) is 5.82 Å². The number of methoxy groups -OCH3 is 1. The highest BCUT2D eigenvalue weighted by Gasteiger charge is 2.42. The molecule has 1 aromatic rings. The van der Waals surface area contributed by atoms with E-state index in [1.54, 1.807) is 30.2 Å². The Morgan fingerprint density at radius 2 is 2.12 bits per heavy atom. The van der Waals surface area contributed by atoms with Crippen molar-refractivity contribution in [3.05, 3.63) is 30.1 Å². The van der Waals surface area contributed by atoms with E-state index in [4.69, 9.17) is 4.74 Å². The quantitative estimate of drug-likeness (QED) is 0.895. The summed E-state index contributed by atoms with van der Waals surface area (Å²) in [5.41, 5.74) is 0.115. The Bertz CT molecular complexity index is 669. The van der Waals surface area contributed by atoms with E-state index in [0.717, 1.165) is 19.3 Å². The fourth-order valence-electron chi connectivity index (χ4n) is 3.98. The van der Waals surface area contributed by atoms with Crippen LogP contribution in [0.15, 0.2) is 24.3 Å². The van der Waals surface area contributed by atoms with Crippen molar-refractivity contribution in [1.29, 1.82) is 0 Å². The van der Waals surface area contributed by atoms with E-state index in [-0.39, 0.29) is 23.0 Å². The second-order valence-corrected chi connectivity index (χ2v) is 7.24. The van der Waals surface area contributed by atoms with Crippen LogP contribution in [0, 0.1) is 11.2 Å². The van der Waals surface area contributed by atoms with Crippen LogP contribution in [0.2, 0.25) is 0 Å². The number of hydrogen-bond acceptors (Lipinski definition) is 3. The third-order valence-electron chi connectivity index (χ3n) is 5.38. The molecule has 1 spiro atoms. The molecule has 2 saturated heterocycles. The van der Waals surface area contributed by atoms with Crippen molar-refractivity contribution in [2.75, 3.05) is 45.2 Å². The lowest BCUT2D eigenvalue weighted by Crippen LogP contribution is -2.56. The molecule has 26 heavy (non-hydrogen) atoms. The number of nitrogens with zero attached hydrogens (tertiary/aromatic N) is 2. The Labute approximate surface area is 153 Å². The number of para-hydroxylation sites is 1. The van der Waals surface area contributed by atoms with Crippen LogP contribution in [0.5, 0.6) is 0 Å². The number of urea groups is 1. The van der Waals surface area contributed by atoms with Gasteiger partial charge in [-0.1, -0.05) is 12.1 Å². The number of amides is 3. The Morgan fingerprint density at radius 3 is 2.88 bits per heavy atom. The van der Waals surface area contributed by atoms with Gasteiger partial charge >= 0.3 is 6.03 Å². The molecule has 2 aliphatic rings. The van der Waals surface area contributed by atoms with Crippen molar-refractivity contribution in [3.63, 3.8) is 0 Å². The number of rotatable bonds is 4. The molecule has 0 bridgehead atoms. The van der Waals surface area contributed by atoms with Crippen LogP contribution < -0.4 is 5.32 Å². The van der Waals surface area contributed by atoms with Crippen molar-refractivity contribution in [3.8, 4) is 0 Å². The predicted molar refractivity (Wildman–Crippen MR) is 96.3 cm³/mol. The van der Waals surface area contributed by atoms with Gasteiger partial charge < -0.3 is 19.9 Å². The van der Waals surface area contributed by atoms with Crippen LogP contribution >= 0.6 is 0 Å². The number of carbonyl (C=O) groups is 2. The van der Waals surface area contributed by atoms with Gasteiger partial charge in [-0.15, -0.1) is 0 Å². The number of nitrogens with one attached hydrogen (secondary N) is 1. The van der Waals surface area contributed by atoms with Crippen LogP contribution in [0.25, 0.3) is 0 Å². The van der Waals surface area contributed by atoms with Crippen molar-refractivity contribution < 1.29 is 18.7 Å². The Hall–Kier alpha value is -2.15. The first-order chi connectivity index (χ1) is 12.5. The molecule has 7 heteroatoms. The summed E-state index contributed by atoms with van der Waals surface area (Å²) in [6, 6.07) is 5.88. The van der Waals surface area contributed by atoms with Crippen molar-refractivity contribution >= 4 is 17.6 Å². The van der Waals surface area contributed by atoms with Crippen LogP contribution in [0.1, 0.15) is 25.7 Å². The van der Waals surface area contributed by atoms with Gasteiger partial charge in [-0.25, -0.2) is 9.18 Å². The summed E-state index contributed by atoms with van der Waals surface area (Å²) in [4.78, 5) is 28.4. The van der Waals surface area contributed by atoms with E-state index >= 15 is 0 Å². The molecule has 1 aromatic carbocycles. The monoisotopic (exact) mass is 363 g/mol. The number of halogens is 1. The molecular formula is C19H26FN3O3. The van der Waals surface area contributed by atoms with Gasteiger partial charge in [0.25, 0.3) is 0 Å². The van der Waals surface area contributed by atoms with Crippen LogP contribution in [0.3, 0.4) is 0 Å². The summed E-state index contributed by atoms with van der Waals surface area (Å²) < 4.78 is 18.9. The number of hydrogen-bond donors (Lipinski definition) is 1. The minimum Gasteiger partial charge on any atom is -0.383 e. The molecule has 0 saturated carbocycles. The normalized spacial score (nSPS) is 23.4. The molecule has 3 rings (SSSR count). The molecule has 1 unspecified atom stereocenters. The smallest absolute Gasteiger partial charge is 0.321 e. The molecule has 142 valence electrons. The fourth-order valence-corrected chi connectivity index (χ4v) is 3.98. The molecule has 6 nitrogen and oxygen atoms in total. The van der Waals surface area contributed by atoms with E-state index in [1.807, 2.05) is 4.90 Å². The molecular weight excluding hydrogens is 337 g/mol. The van der Waals surface area contributed by atoms with E-state index in [0.29, 0.717) is 39.2 Å². The Balaban J connectivity index is 1.65.